The average molecular weight is 444 g/mol. The van der Waals surface area contributed by atoms with Crippen LogP contribution in [0.4, 0.5) is 0 Å². The van der Waals surface area contributed by atoms with Crippen molar-refractivity contribution in [2.24, 2.45) is 5.92 Å². The summed E-state index contributed by atoms with van der Waals surface area (Å²) in [7, 11) is 0. The van der Waals surface area contributed by atoms with Crippen LogP contribution in [-0.4, -0.2) is 65.6 Å². The van der Waals surface area contributed by atoms with Gasteiger partial charge in [-0.1, -0.05) is 37.5 Å². The van der Waals surface area contributed by atoms with Gasteiger partial charge < -0.3 is 15.1 Å². The summed E-state index contributed by atoms with van der Waals surface area (Å²) in [6, 6.07) is 11.1. The predicted octanol–water partition coefficient (Wildman–Crippen LogP) is 3.93. The molecular weight excluding hydrogens is 406 g/mol. The van der Waals surface area contributed by atoms with Gasteiger partial charge in [0.05, 0.1) is 5.75 Å². The monoisotopic (exact) mass is 443 g/mol. The van der Waals surface area contributed by atoms with Gasteiger partial charge in [-0.15, -0.1) is 11.8 Å². The van der Waals surface area contributed by atoms with Gasteiger partial charge in [-0.05, 0) is 63.7 Å². The number of carbonyl (C=O) groups is 2. The molecule has 0 spiro atoms. The minimum atomic E-state index is 0.190. The zero-order valence-electron chi connectivity index (χ0n) is 18.6. The van der Waals surface area contributed by atoms with Crippen molar-refractivity contribution in [1.82, 2.24) is 15.1 Å². The largest absolute Gasteiger partial charge is 0.353 e. The molecular formula is C25H37N3O2S. The maximum atomic E-state index is 12.7. The minimum Gasteiger partial charge on any atom is -0.353 e. The van der Waals surface area contributed by atoms with E-state index in [1.165, 1.54) is 19.3 Å². The average Bonchev–Trinajstić information content (AvgIpc) is 2.84. The van der Waals surface area contributed by atoms with Crippen LogP contribution in [0.2, 0.25) is 0 Å². The van der Waals surface area contributed by atoms with Gasteiger partial charge in [0.25, 0.3) is 0 Å². The van der Waals surface area contributed by atoms with Crippen LogP contribution in [0.3, 0.4) is 0 Å². The number of piperidine rings is 2. The molecule has 6 heteroatoms. The number of hydrogen-bond acceptors (Lipinski definition) is 4. The fourth-order valence-electron chi connectivity index (χ4n) is 5.33. The standard InChI is InChI=1S/C25H37N3O2S/c29-24(19-31-23-9-5-2-6-10-23)28-17-13-22(14-18-28)27-15-11-20(12-16-27)25(30)26-21-7-3-1-4-8-21/h2,5-6,9-10,20-22H,1,3-4,7-8,11-19H2,(H,26,30). The van der Waals surface area contributed by atoms with Crippen molar-refractivity contribution in [2.45, 2.75) is 74.8 Å². The molecule has 31 heavy (non-hydrogen) atoms. The molecule has 0 aromatic heterocycles. The fraction of sp³-hybridized carbons (Fsp3) is 0.680. The number of nitrogens with zero attached hydrogens (tertiary/aromatic N) is 2. The van der Waals surface area contributed by atoms with Gasteiger partial charge in [-0.2, -0.15) is 0 Å². The maximum Gasteiger partial charge on any atom is 0.232 e. The summed E-state index contributed by atoms with van der Waals surface area (Å²) >= 11 is 1.63. The lowest BCUT2D eigenvalue weighted by Crippen LogP contribution is -2.51. The molecule has 1 saturated carbocycles. The third-order valence-electron chi connectivity index (χ3n) is 7.29. The van der Waals surface area contributed by atoms with E-state index in [-0.39, 0.29) is 11.8 Å². The molecule has 2 amide bonds. The van der Waals surface area contributed by atoms with E-state index < -0.39 is 0 Å². The van der Waals surface area contributed by atoms with E-state index in [0.29, 0.717) is 23.7 Å². The smallest absolute Gasteiger partial charge is 0.232 e. The Morgan fingerprint density at radius 3 is 2.23 bits per heavy atom. The molecule has 5 nitrogen and oxygen atoms in total. The first-order valence-corrected chi connectivity index (χ1v) is 13.2. The second kappa shape index (κ2) is 11.4. The van der Waals surface area contributed by atoms with Gasteiger partial charge in [0.15, 0.2) is 0 Å². The molecule has 3 fully saturated rings. The lowest BCUT2D eigenvalue weighted by Gasteiger charge is -2.41. The number of carbonyl (C=O) groups excluding carboxylic acids is 2. The lowest BCUT2D eigenvalue weighted by molar-refractivity contribution is -0.131. The molecule has 0 atom stereocenters. The number of benzene rings is 1. The van der Waals surface area contributed by atoms with Crippen molar-refractivity contribution >= 4 is 23.6 Å². The maximum absolute atomic E-state index is 12.7. The van der Waals surface area contributed by atoms with Crippen LogP contribution in [0.5, 0.6) is 0 Å². The van der Waals surface area contributed by atoms with Crippen LogP contribution >= 0.6 is 11.8 Å². The molecule has 1 N–H and O–H groups in total. The Morgan fingerprint density at radius 2 is 1.55 bits per heavy atom. The first-order valence-electron chi connectivity index (χ1n) is 12.2. The van der Waals surface area contributed by atoms with E-state index in [0.717, 1.165) is 69.6 Å². The summed E-state index contributed by atoms with van der Waals surface area (Å²) in [6.07, 6.45) is 10.2. The Bertz CT molecular complexity index is 707. The van der Waals surface area contributed by atoms with Crippen LogP contribution < -0.4 is 5.32 Å². The Hall–Kier alpha value is -1.53. The van der Waals surface area contributed by atoms with E-state index >= 15 is 0 Å². The van der Waals surface area contributed by atoms with Crippen LogP contribution in [0.15, 0.2) is 35.2 Å². The quantitative estimate of drug-likeness (QED) is 0.677. The Balaban J connectivity index is 1.14. The SMILES string of the molecule is O=C(NC1CCCCC1)C1CCN(C2CCN(C(=O)CSc3ccccc3)CC2)CC1. The minimum absolute atomic E-state index is 0.190. The number of thioether (sulfide) groups is 1. The highest BCUT2D eigenvalue weighted by Gasteiger charge is 2.32. The summed E-state index contributed by atoms with van der Waals surface area (Å²) in [5.41, 5.74) is 0. The van der Waals surface area contributed by atoms with Crippen LogP contribution in [0.25, 0.3) is 0 Å². The summed E-state index contributed by atoms with van der Waals surface area (Å²) in [5.74, 6) is 1.26. The topological polar surface area (TPSA) is 52.7 Å². The number of likely N-dealkylation sites (tertiary alicyclic amines) is 2. The third-order valence-corrected chi connectivity index (χ3v) is 8.29. The van der Waals surface area contributed by atoms with E-state index in [2.05, 4.69) is 22.3 Å². The first-order chi connectivity index (χ1) is 15.2. The van der Waals surface area contributed by atoms with Gasteiger partial charge in [0.2, 0.25) is 11.8 Å². The van der Waals surface area contributed by atoms with Crippen molar-refractivity contribution < 1.29 is 9.59 Å². The van der Waals surface area contributed by atoms with Crippen molar-refractivity contribution in [3.63, 3.8) is 0 Å². The van der Waals surface area contributed by atoms with Crippen molar-refractivity contribution in [1.29, 1.82) is 0 Å². The van der Waals surface area contributed by atoms with Gasteiger partial charge in [0, 0.05) is 36.0 Å². The van der Waals surface area contributed by atoms with Gasteiger partial charge in [-0.3, -0.25) is 9.59 Å². The van der Waals surface area contributed by atoms with E-state index in [9.17, 15) is 9.59 Å². The second-order valence-electron chi connectivity index (χ2n) is 9.37. The Morgan fingerprint density at radius 1 is 0.871 bits per heavy atom. The zero-order valence-corrected chi connectivity index (χ0v) is 19.5. The molecule has 170 valence electrons. The van der Waals surface area contributed by atoms with Crippen LogP contribution in [-0.2, 0) is 9.59 Å². The predicted molar refractivity (Wildman–Crippen MR) is 126 cm³/mol. The highest BCUT2D eigenvalue weighted by molar-refractivity contribution is 8.00. The third kappa shape index (κ3) is 6.48. The summed E-state index contributed by atoms with van der Waals surface area (Å²) in [4.78, 5) is 31.0. The second-order valence-corrected chi connectivity index (χ2v) is 10.4. The van der Waals surface area contributed by atoms with Crippen LogP contribution in [0, 0.1) is 5.92 Å². The highest BCUT2D eigenvalue weighted by Crippen LogP contribution is 2.26. The molecule has 1 aromatic rings. The van der Waals surface area contributed by atoms with Gasteiger partial charge in [0.1, 0.15) is 0 Å². The molecule has 2 saturated heterocycles. The lowest BCUT2D eigenvalue weighted by atomic mass is 9.91. The first kappa shape index (κ1) is 22.7. The van der Waals surface area contributed by atoms with E-state index in [4.69, 9.17) is 0 Å². The number of rotatable bonds is 6. The molecule has 1 aromatic carbocycles. The van der Waals surface area contributed by atoms with Crippen molar-refractivity contribution in [3.8, 4) is 0 Å². The number of hydrogen-bond donors (Lipinski definition) is 1. The molecule has 0 unspecified atom stereocenters. The summed E-state index contributed by atoms with van der Waals surface area (Å²) < 4.78 is 0. The molecule has 4 rings (SSSR count). The van der Waals surface area contributed by atoms with Gasteiger partial charge >= 0.3 is 0 Å². The molecule has 0 bridgehead atoms. The molecule has 2 aliphatic heterocycles. The summed E-state index contributed by atoms with van der Waals surface area (Å²) in [5, 5.41) is 3.32. The zero-order chi connectivity index (χ0) is 21.5. The van der Waals surface area contributed by atoms with Crippen molar-refractivity contribution in [3.05, 3.63) is 30.3 Å². The fourth-order valence-corrected chi connectivity index (χ4v) is 6.15. The Kier molecular flexibility index (Phi) is 8.31. The number of nitrogens with one attached hydrogen (secondary N) is 1. The van der Waals surface area contributed by atoms with Crippen molar-refractivity contribution in [2.75, 3.05) is 31.9 Å². The van der Waals surface area contributed by atoms with Crippen LogP contribution in [0.1, 0.15) is 57.8 Å². The number of amides is 2. The van der Waals surface area contributed by atoms with Gasteiger partial charge in [-0.25, -0.2) is 0 Å². The van der Waals surface area contributed by atoms with E-state index in [1.807, 2.05) is 23.1 Å². The Labute approximate surface area is 191 Å². The molecule has 3 aliphatic rings. The molecule has 0 radical (unpaired) electrons. The molecule has 2 heterocycles. The normalized spacial score (nSPS) is 22.4. The summed E-state index contributed by atoms with van der Waals surface area (Å²) in [6.45, 7) is 3.76. The van der Waals surface area contributed by atoms with E-state index in [1.54, 1.807) is 11.8 Å². The molecule has 1 aliphatic carbocycles. The highest BCUT2D eigenvalue weighted by atomic mass is 32.2.